The molecule has 0 aliphatic heterocycles. The van der Waals surface area contributed by atoms with E-state index >= 15 is 0 Å². The van der Waals surface area contributed by atoms with Crippen molar-refractivity contribution in [2.24, 2.45) is 0 Å². The molecule has 98 valence electrons. The molecule has 1 aromatic rings. The summed E-state index contributed by atoms with van der Waals surface area (Å²) in [5.74, 6) is 0.0872. The van der Waals surface area contributed by atoms with E-state index in [1.54, 1.807) is 0 Å². The number of rotatable bonds is 4. The zero-order valence-corrected chi connectivity index (χ0v) is 12.2. The fourth-order valence-corrected chi connectivity index (χ4v) is 2.83. The molecule has 1 aliphatic carbocycles. The predicted molar refractivity (Wildman–Crippen MR) is 77.8 cm³/mol. The Morgan fingerprint density at radius 1 is 1.39 bits per heavy atom. The monoisotopic (exact) mass is 310 g/mol. The number of nitrogens with one attached hydrogen (secondary N) is 2. The predicted octanol–water partition coefficient (Wildman–Crippen LogP) is 3.23. The van der Waals surface area contributed by atoms with E-state index < -0.39 is 0 Å². The molecule has 0 bridgehead atoms. The molecule has 0 aromatic heterocycles. The standard InChI is InChI=1S/C14H19BrN2O/c1-10-8-11(15)6-7-13(10)16-9-14(18)17-12-4-2-3-5-12/h6-8,12,16H,2-5,9H2,1H3,(H,17,18). The van der Waals surface area contributed by atoms with Gasteiger partial charge in [-0.1, -0.05) is 28.8 Å². The number of aryl methyl sites for hydroxylation is 1. The smallest absolute Gasteiger partial charge is 0.239 e. The van der Waals surface area contributed by atoms with Gasteiger partial charge in [0.2, 0.25) is 5.91 Å². The first-order valence-electron chi connectivity index (χ1n) is 6.44. The highest BCUT2D eigenvalue weighted by Crippen LogP contribution is 2.20. The lowest BCUT2D eigenvalue weighted by Gasteiger charge is -2.14. The van der Waals surface area contributed by atoms with Crippen molar-refractivity contribution in [1.29, 1.82) is 0 Å². The highest BCUT2D eigenvalue weighted by Gasteiger charge is 2.16. The second-order valence-electron chi connectivity index (χ2n) is 4.86. The summed E-state index contributed by atoms with van der Waals surface area (Å²) in [5.41, 5.74) is 2.15. The zero-order valence-electron chi connectivity index (χ0n) is 10.6. The van der Waals surface area contributed by atoms with Gasteiger partial charge in [-0.05, 0) is 43.5 Å². The number of halogens is 1. The van der Waals surface area contributed by atoms with E-state index in [1.807, 2.05) is 25.1 Å². The van der Waals surface area contributed by atoms with Gasteiger partial charge in [-0.3, -0.25) is 4.79 Å². The maximum absolute atomic E-state index is 11.8. The third-order valence-electron chi connectivity index (χ3n) is 3.35. The molecule has 0 radical (unpaired) electrons. The van der Waals surface area contributed by atoms with Crippen LogP contribution in [0.4, 0.5) is 5.69 Å². The Bertz CT molecular complexity index is 428. The van der Waals surface area contributed by atoms with Crippen LogP contribution in [-0.4, -0.2) is 18.5 Å². The molecule has 1 amide bonds. The Kier molecular flexibility index (Phi) is 4.64. The molecule has 1 aliphatic rings. The minimum absolute atomic E-state index is 0.0872. The topological polar surface area (TPSA) is 41.1 Å². The Labute approximate surface area is 116 Å². The summed E-state index contributed by atoms with van der Waals surface area (Å²) >= 11 is 3.43. The minimum Gasteiger partial charge on any atom is -0.376 e. The van der Waals surface area contributed by atoms with Crippen LogP contribution in [0.5, 0.6) is 0 Å². The molecule has 1 fully saturated rings. The van der Waals surface area contributed by atoms with E-state index in [-0.39, 0.29) is 5.91 Å². The minimum atomic E-state index is 0.0872. The van der Waals surface area contributed by atoms with E-state index in [0.717, 1.165) is 28.6 Å². The maximum Gasteiger partial charge on any atom is 0.239 e. The van der Waals surface area contributed by atoms with Crippen molar-refractivity contribution in [3.05, 3.63) is 28.2 Å². The maximum atomic E-state index is 11.8. The summed E-state index contributed by atoms with van der Waals surface area (Å²) in [4.78, 5) is 11.8. The van der Waals surface area contributed by atoms with Crippen LogP contribution in [0, 0.1) is 6.92 Å². The van der Waals surface area contributed by atoms with Crippen LogP contribution >= 0.6 is 15.9 Å². The van der Waals surface area contributed by atoms with E-state index in [1.165, 1.54) is 12.8 Å². The summed E-state index contributed by atoms with van der Waals surface area (Å²) in [6.45, 7) is 2.38. The number of anilines is 1. The first-order valence-corrected chi connectivity index (χ1v) is 7.24. The van der Waals surface area contributed by atoms with Gasteiger partial charge in [0.05, 0.1) is 6.54 Å². The van der Waals surface area contributed by atoms with E-state index in [2.05, 4.69) is 26.6 Å². The molecule has 0 saturated heterocycles. The molecule has 0 atom stereocenters. The number of hydrogen-bond donors (Lipinski definition) is 2. The average molecular weight is 311 g/mol. The fourth-order valence-electron chi connectivity index (χ4n) is 2.35. The number of hydrogen-bond acceptors (Lipinski definition) is 2. The van der Waals surface area contributed by atoms with Gasteiger partial charge in [0, 0.05) is 16.2 Å². The lowest BCUT2D eigenvalue weighted by molar-refractivity contribution is -0.120. The van der Waals surface area contributed by atoms with Crippen molar-refractivity contribution < 1.29 is 4.79 Å². The van der Waals surface area contributed by atoms with Gasteiger partial charge < -0.3 is 10.6 Å². The lowest BCUT2D eigenvalue weighted by atomic mass is 10.2. The molecule has 1 saturated carbocycles. The van der Waals surface area contributed by atoms with Crippen molar-refractivity contribution in [1.82, 2.24) is 5.32 Å². The van der Waals surface area contributed by atoms with Gasteiger partial charge in [-0.15, -0.1) is 0 Å². The van der Waals surface area contributed by atoms with Crippen molar-refractivity contribution >= 4 is 27.5 Å². The van der Waals surface area contributed by atoms with E-state index in [9.17, 15) is 4.79 Å². The molecule has 1 aromatic carbocycles. The van der Waals surface area contributed by atoms with Crippen LogP contribution in [0.25, 0.3) is 0 Å². The number of carbonyl (C=O) groups is 1. The van der Waals surface area contributed by atoms with E-state index in [0.29, 0.717) is 12.6 Å². The van der Waals surface area contributed by atoms with Gasteiger partial charge >= 0.3 is 0 Å². The molecular formula is C14H19BrN2O. The third kappa shape index (κ3) is 3.73. The van der Waals surface area contributed by atoms with Crippen LogP contribution in [-0.2, 0) is 4.79 Å². The van der Waals surface area contributed by atoms with Gasteiger partial charge in [0.1, 0.15) is 0 Å². The van der Waals surface area contributed by atoms with Gasteiger partial charge in [-0.2, -0.15) is 0 Å². The second kappa shape index (κ2) is 6.23. The quantitative estimate of drug-likeness (QED) is 0.896. The summed E-state index contributed by atoms with van der Waals surface area (Å²) < 4.78 is 1.06. The summed E-state index contributed by atoms with van der Waals surface area (Å²) in [7, 11) is 0. The Hall–Kier alpha value is -1.03. The molecule has 0 heterocycles. The zero-order chi connectivity index (χ0) is 13.0. The molecule has 3 nitrogen and oxygen atoms in total. The SMILES string of the molecule is Cc1cc(Br)ccc1NCC(=O)NC1CCCC1. The van der Waals surface area contributed by atoms with Crippen molar-refractivity contribution in [2.45, 2.75) is 38.6 Å². The first-order chi connectivity index (χ1) is 8.65. The largest absolute Gasteiger partial charge is 0.376 e. The highest BCUT2D eigenvalue weighted by atomic mass is 79.9. The van der Waals surface area contributed by atoms with Gasteiger partial charge in [0.25, 0.3) is 0 Å². The number of amides is 1. The Balaban J connectivity index is 1.81. The molecule has 2 N–H and O–H groups in total. The summed E-state index contributed by atoms with van der Waals surface area (Å²) in [6, 6.07) is 6.40. The van der Waals surface area contributed by atoms with Crippen LogP contribution in [0.2, 0.25) is 0 Å². The van der Waals surface area contributed by atoms with Crippen LogP contribution in [0.15, 0.2) is 22.7 Å². The molecule has 18 heavy (non-hydrogen) atoms. The number of carbonyl (C=O) groups excluding carboxylic acids is 1. The van der Waals surface area contributed by atoms with Crippen molar-refractivity contribution in [2.75, 3.05) is 11.9 Å². The highest BCUT2D eigenvalue weighted by molar-refractivity contribution is 9.10. The van der Waals surface area contributed by atoms with Gasteiger partial charge in [0.15, 0.2) is 0 Å². The summed E-state index contributed by atoms with van der Waals surface area (Å²) in [5, 5.41) is 6.25. The van der Waals surface area contributed by atoms with Gasteiger partial charge in [-0.25, -0.2) is 0 Å². The summed E-state index contributed by atoms with van der Waals surface area (Å²) in [6.07, 6.45) is 4.74. The van der Waals surface area contributed by atoms with Crippen molar-refractivity contribution in [3.8, 4) is 0 Å². The second-order valence-corrected chi connectivity index (χ2v) is 5.78. The van der Waals surface area contributed by atoms with Crippen molar-refractivity contribution in [3.63, 3.8) is 0 Å². The molecule has 2 rings (SSSR count). The lowest BCUT2D eigenvalue weighted by Crippen LogP contribution is -2.36. The third-order valence-corrected chi connectivity index (χ3v) is 3.84. The molecule has 4 heteroatoms. The average Bonchev–Trinajstić information content (AvgIpc) is 2.80. The van der Waals surface area contributed by atoms with Crippen LogP contribution < -0.4 is 10.6 Å². The fraction of sp³-hybridized carbons (Fsp3) is 0.500. The molecule has 0 unspecified atom stereocenters. The van der Waals surface area contributed by atoms with Crippen LogP contribution in [0.3, 0.4) is 0 Å². The van der Waals surface area contributed by atoms with E-state index in [4.69, 9.17) is 0 Å². The Morgan fingerprint density at radius 3 is 2.78 bits per heavy atom. The molecule has 0 spiro atoms. The Morgan fingerprint density at radius 2 is 2.11 bits per heavy atom. The van der Waals surface area contributed by atoms with Crippen LogP contribution in [0.1, 0.15) is 31.2 Å². The normalized spacial score (nSPS) is 15.7. The number of benzene rings is 1. The molecular weight excluding hydrogens is 292 g/mol. The first kappa shape index (κ1) is 13.4.